The lowest BCUT2D eigenvalue weighted by atomic mass is 9.84. The summed E-state index contributed by atoms with van der Waals surface area (Å²) >= 11 is 26.5. The van der Waals surface area contributed by atoms with Crippen LogP contribution >= 0.6 is 46.4 Å². The number of aliphatic hydroxyl groups is 4. The van der Waals surface area contributed by atoms with Crippen LogP contribution in [-0.2, 0) is 4.74 Å². The number of allylic oxidation sites excluding steroid dienone is 10. The van der Waals surface area contributed by atoms with Gasteiger partial charge in [0.25, 0.3) is 0 Å². The third-order valence-electron chi connectivity index (χ3n) is 5.76. The van der Waals surface area contributed by atoms with Crippen molar-refractivity contribution < 1.29 is 25.2 Å². The first kappa shape index (κ1) is 24.8. The normalized spacial score (nSPS) is 30.8. The van der Waals surface area contributed by atoms with Gasteiger partial charge in [-0.3, -0.25) is 0 Å². The maximum atomic E-state index is 9.83. The summed E-state index contributed by atoms with van der Waals surface area (Å²) in [6, 6.07) is 0. The van der Waals surface area contributed by atoms with Crippen LogP contribution in [0.2, 0.25) is 0 Å². The van der Waals surface area contributed by atoms with Crippen molar-refractivity contribution in [3.8, 4) is 0 Å². The zero-order valence-corrected chi connectivity index (χ0v) is 20.2. The van der Waals surface area contributed by atoms with E-state index in [1.807, 2.05) is 0 Å². The summed E-state index contributed by atoms with van der Waals surface area (Å²) in [4.78, 5) is 0. The summed E-state index contributed by atoms with van der Waals surface area (Å²) in [5.74, 6) is -4.35. The largest absolute Gasteiger partial charge is 0.465 e. The van der Waals surface area contributed by atoms with Crippen molar-refractivity contribution in [3.05, 3.63) is 95.6 Å². The Kier molecular flexibility index (Phi) is 6.58. The van der Waals surface area contributed by atoms with Gasteiger partial charge in [-0.05, 0) is 47.6 Å². The summed E-state index contributed by atoms with van der Waals surface area (Å²) in [6.45, 7) is 0. The third-order valence-corrected chi connectivity index (χ3v) is 7.14. The Hall–Kier alpha value is -1.28. The zero-order chi connectivity index (χ0) is 24.1. The minimum absolute atomic E-state index is 0.0293. The van der Waals surface area contributed by atoms with E-state index in [4.69, 9.17) is 51.1 Å². The average Bonchev–Trinajstić information content (AvgIpc) is 2.69. The standard InChI is InChI=1S/C24H22Cl4O5/c25-23(26)9-1-3-17(19(23)15-5-11-21(29,30)12-6-15)33-18-4-2-10-24(27,28)20(18)16-7-13-22(31,32)14-8-16/h1-11,13,19-20,29-32H,12,14H2. The van der Waals surface area contributed by atoms with E-state index in [1.165, 1.54) is 12.2 Å². The smallest absolute Gasteiger partial charge is 0.186 e. The molecule has 4 aliphatic rings. The Morgan fingerprint density at radius 1 is 0.667 bits per heavy atom. The lowest BCUT2D eigenvalue weighted by molar-refractivity contribution is -0.116. The van der Waals surface area contributed by atoms with Gasteiger partial charge in [-0.2, -0.15) is 0 Å². The van der Waals surface area contributed by atoms with Crippen molar-refractivity contribution in [1.82, 2.24) is 0 Å². The fourth-order valence-electron chi connectivity index (χ4n) is 4.10. The predicted octanol–water partition coefficient (Wildman–Crippen LogP) is 4.63. The average molecular weight is 532 g/mol. The van der Waals surface area contributed by atoms with Crippen molar-refractivity contribution in [1.29, 1.82) is 0 Å². The van der Waals surface area contributed by atoms with E-state index in [1.54, 1.807) is 60.8 Å². The van der Waals surface area contributed by atoms with Crippen molar-refractivity contribution >= 4 is 46.4 Å². The molecule has 0 amide bonds. The Balaban J connectivity index is 1.67. The molecule has 0 saturated carbocycles. The first-order valence-electron chi connectivity index (χ1n) is 10.2. The SMILES string of the molecule is OC1(O)C=CC(C2C(OC3=CC=CC(Cl)(Cl)C3C3=CCC(O)(O)C=C3)=CC=CC2(Cl)Cl)=CC1. The highest BCUT2D eigenvalue weighted by molar-refractivity contribution is 6.51. The molecule has 0 aromatic carbocycles. The van der Waals surface area contributed by atoms with Crippen molar-refractivity contribution in [3.63, 3.8) is 0 Å². The van der Waals surface area contributed by atoms with Crippen LogP contribution < -0.4 is 0 Å². The van der Waals surface area contributed by atoms with E-state index in [0.717, 1.165) is 0 Å². The van der Waals surface area contributed by atoms with Crippen LogP contribution in [0.5, 0.6) is 0 Å². The number of ether oxygens (including phenoxy) is 1. The number of hydrogen-bond acceptors (Lipinski definition) is 5. The van der Waals surface area contributed by atoms with Crippen LogP contribution in [0.15, 0.2) is 95.6 Å². The van der Waals surface area contributed by atoms with Crippen LogP contribution in [0, 0.1) is 11.8 Å². The van der Waals surface area contributed by atoms with Gasteiger partial charge >= 0.3 is 0 Å². The molecule has 9 heteroatoms. The maximum absolute atomic E-state index is 9.83. The van der Waals surface area contributed by atoms with Gasteiger partial charge < -0.3 is 25.2 Å². The summed E-state index contributed by atoms with van der Waals surface area (Å²) in [7, 11) is 0. The topological polar surface area (TPSA) is 90.2 Å². The Labute approximate surface area is 211 Å². The van der Waals surface area contributed by atoms with Gasteiger partial charge in [0.2, 0.25) is 0 Å². The van der Waals surface area contributed by atoms with Crippen molar-refractivity contribution in [2.24, 2.45) is 11.8 Å². The Morgan fingerprint density at radius 2 is 1.06 bits per heavy atom. The van der Waals surface area contributed by atoms with E-state index in [-0.39, 0.29) is 12.8 Å². The first-order chi connectivity index (χ1) is 15.3. The molecule has 4 N–H and O–H groups in total. The summed E-state index contributed by atoms with van der Waals surface area (Å²) in [5.41, 5.74) is 1.31. The maximum Gasteiger partial charge on any atom is 0.186 e. The highest BCUT2D eigenvalue weighted by Crippen LogP contribution is 2.50. The monoisotopic (exact) mass is 530 g/mol. The molecule has 2 atom stereocenters. The molecule has 0 aliphatic heterocycles. The van der Waals surface area contributed by atoms with Gasteiger partial charge in [-0.15, -0.1) is 0 Å². The van der Waals surface area contributed by atoms with Gasteiger partial charge in [-0.25, -0.2) is 0 Å². The van der Waals surface area contributed by atoms with E-state index >= 15 is 0 Å². The molecule has 0 spiro atoms. The Bertz CT molecular complexity index is 986. The van der Waals surface area contributed by atoms with Crippen LogP contribution in [0.1, 0.15) is 12.8 Å². The zero-order valence-electron chi connectivity index (χ0n) is 17.2. The molecule has 0 bridgehead atoms. The molecule has 33 heavy (non-hydrogen) atoms. The quantitative estimate of drug-likeness (QED) is 0.314. The van der Waals surface area contributed by atoms with E-state index in [2.05, 4.69) is 0 Å². The molecular formula is C24H22Cl4O5. The number of hydrogen-bond donors (Lipinski definition) is 4. The molecule has 0 aromatic rings. The van der Waals surface area contributed by atoms with Crippen LogP contribution in [0.4, 0.5) is 0 Å². The van der Waals surface area contributed by atoms with Crippen molar-refractivity contribution in [2.75, 3.05) is 0 Å². The van der Waals surface area contributed by atoms with Gasteiger partial charge in [0.1, 0.15) is 11.5 Å². The Morgan fingerprint density at radius 3 is 1.39 bits per heavy atom. The fraction of sp³-hybridized carbons (Fsp3) is 0.333. The molecule has 0 fully saturated rings. The van der Waals surface area contributed by atoms with E-state index < -0.39 is 32.1 Å². The van der Waals surface area contributed by atoms with Crippen LogP contribution in [0.3, 0.4) is 0 Å². The molecular weight excluding hydrogens is 510 g/mol. The molecule has 2 unspecified atom stereocenters. The summed E-state index contributed by atoms with van der Waals surface area (Å²) in [6.07, 6.45) is 18.9. The molecule has 176 valence electrons. The second-order valence-corrected chi connectivity index (χ2v) is 11.3. The lowest BCUT2D eigenvalue weighted by Crippen LogP contribution is -2.35. The fourth-order valence-corrected chi connectivity index (χ4v) is 5.32. The molecule has 4 rings (SSSR count). The highest BCUT2D eigenvalue weighted by atomic mass is 35.5. The number of alkyl halides is 4. The third kappa shape index (κ3) is 5.37. The molecule has 0 radical (unpaired) electrons. The molecule has 0 aromatic heterocycles. The highest BCUT2D eigenvalue weighted by Gasteiger charge is 2.45. The van der Waals surface area contributed by atoms with Gasteiger partial charge in [0.05, 0.1) is 11.8 Å². The molecule has 5 nitrogen and oxygen atoms in total. The lowest BCUT2D eigenvalue weighted by Gasteiger charge is -2.38. The second-order valence-electron chi connectivity index (χ2n) is 8.41. The second kappa shape index (κ2) is 8.74. The van der Waals surface area contributed by atoms with Crippen molar-refractivity contribution in [2.45, 2.75) is 33.1 Å². The molecule has 0 saturated heterocycles. The minimum Gasteiger partial charge on any atom is -0.465 e. The first-order valence-corrected chi connectivity index (χ1v) is 11.7. The van der Waals surface area contributed by atoms with Crippen LogP contribution in [-0.4, -0.2) is 40.7 Å². The molecule has 0 heterocycles. The molecule has 4 aliphatic carbocycles. The van der Waals surface area contributed by atoms with E-state index in [9.17, 15) is 20.4 Å². The predicted molar refractivity (Wildman–Crippen MR) is 129 cm³/mol. The number of halogens is 4. The van der Waals surface area contributed by atoms with Gasteiger partial charge in [-0.1, -0.05) is 82.9 Å². The van der Waals surface area contributed by atoms with E-state index in [0.29, 0.717) is 22.7 Å². The van der Waals surface area contributed by atoms with Gasteiger partial charge in [0.15, 0.2) is 20.2 Å². The number of rotatable bonds is 4. The summed E-state index contributed by atoms with van der Waals surface area (Å²) in [5, 5.41) is 39.3. The van der Waals surface area contributed by atoms with Crippen LogP contribution in [0.25, 0.3) is 0 Å². The van der Waals surface area contributed by atoms with Gasteiger partial charge in [0, 0.05) is 12.8 Å². The minimum atomic E-state index is -1.94. The summed E-state index contributed by atoms with van der Waals surface area (Å²) < 4.78 is 3.60.